The third-order valence-corrected chi connectivity index (χ3v) is 3.87. The summed E-state index contributed by atoms with van der Waals surface area (Å²) in [6.45, 7) is 5.73. The third kappa shape index (κ3) is 2.22. The van der Waals surface area contributed by atoms with Gasteiger partial charge in [0.25, 0.3) is 0 Å². The van der Waals surface area contributed by atoms with Crippen LogP contribution in [0.4, 0.5) is 0 Å². The van der Waals surface area contributed by atoms with Crippen LogP contribution < -0.4 is 10.1 Å². The standard InChI is InChI=1S/C14H21NO/c1-10-11(2)15-8-7-14(10)12-5-4-6-13(9-12)16-3/h4-6,9-11,14-15H,7-8H2,1-3H3/t10-,11+,14-/m0/s1. The van der Waals surface area contributed by atoms with Crippen LogP contribution in [-0.2, 0) is 0 Å². The maximum absolute atomic E-state index is 5.29. The van der Waals surface area contributed by atoms with Gasteiger partial charge in [-0.3, -0.25) is 0 Å². The van der Waals surface area contributed by atoms with E-state index in [-0.39, 0.29) is 0 Å². The summed E-state index contributed by atoms with van der Waals surface area (Å²) in [5.74, 6) is 2.31. The summed E-state index contributed by atoms with van der Waals surface area (Å²) in [6.07, 6.45) is 1.22. The van der Waals surface area contributed by atoms with Crippen molar-refractivity contribution in [2.75, 3.05) is 13.7 Å². The highest BCUT2D eigenvalue weighted by atomic mass is 16.5. The van der Waals surface area contributed by atoms with E-state index in [1.54, 1.807) is 7.11 Å². The average Bonchev–Trinajstić information content (AvgIpc) is 2.33. The number of methoxy groups -OCH3 is 1. The van der Waals surface area contributed by atoms with Crippen molar-refractivity contribution >= 4 is 0 Å². The molecule has 3 atom stereocenters. The number of ether oxygens (including phenoxy) is 1. The van der Waals surface area contributed by atoms with E-state index < -0.39 is 0 Å². The molecule has 2 heteroatoms. The normalized spacial score (nSPS) is 30.1. The van der Waals surface area contributed by atoms with Crippen molar-refractivity contribution in [1.82, 2.24) is 5.32 Å². The van der Waals surface area contributed by atoms with Crippen molar-refractivity contribution in [2.24, 2.45) is 5.92 Å². The van der Waals surface area contributed by atoms with E-state index in [2.05, 4.69) is 37.4 Å². The number of hydrogen-bond acceptors (Lipinski definition) is 2. The molecule has 0 aromatic heterocycles. The van der Waals surface area contributed by atoms with E-state index in [0.29, 0.717) is 17.9 Å². The Kier molecular flexibility index (Phi) is 3.49. The fourth-order valence-corrected chi connectivity index (χ4v) is 2.61. The molecule has 0 unspecified atom stereocenters. The van der Waals surface area contributed by atoms with Gasteiger partial charge in [-0.25, -0.2) is 0 Å². The Morgan fingerprint density at radius 3 is 2.88 bits per heavy atom. The molecule has 2 rings (SSSR count). The minimum Gasteiger partial charge on any atom is -0.497 e. The van der Waals surface area contributed by atoms with Gasteiger partial charge in [-0.1, -0.05) is 19.1 Å². The summed E-state index contributed by atoms with van der Waals surface area (Å²) in [7, 11) is 1.73. The zero-order valence-corrected chi connectivity index (χ0v) is 10.4. The second kappa shape index (κ2) is 4.88. The molecule has 2 nitrogen and oxygen atoms in total. The average molecular weight is 219 g/mol. The highest BCUT2D eigenvalue weighted by Crippen LogP contribution is 2.34. The van der Waals surface area contributed by atoms with Gasteiger partial charge in [0.1, 0.15) is 5.75 Å². The van der Waals surface area contributed by atoms with Crippen LogP contribution >= 0.6 is 0 Å². The molecule has 1 heterocycles. The van der Waals surface area contributed by atoms with Crippen LogP contribution in [-0.4, -0.2) is 19.7 Å². The highest BCUT2D eigenvalue weighted by molar-refractivity contribution is 5.31. The number of hydrogen-bond donors (Lipinski definition) is 1. The largest absolute Gasteiger partial charge is 0.497 e. The van der Waals surface area contributed by atoms with E-state index in [9.17, 15) is 0 Å². The Hall–Kier alpha value is -1.02. The second-order valence-electron chi connectivity index (χ2n) is 4.77. The maximum Gasteiger partial charge on any atom is 0.119 e. The van der Waals surface area contributed by atoms with Crippen LogP contribution in [0.1, 0.15) is 31.7 Å². The molecule has 0 bridgehead atoms. The first-order valence-corrected chi connectivity index (χ1v) is 6.09. The summed E-state index contributed by atoms with van der Waals surface area (Å²) >= 11 is 0. The summed E-state index contributed by atoms with van der Waals surface area (Å²) in [5, 5.41) is 3.53. The van der Waals surface area contributed by atoms with Crippen LogP contribution in [0.15, 0.2) is 24.3 Å². The number of piperidine rings is 1. The second-order valence-corrected chi connectivity index (χ2v) is 4.77. The van der Waals surface area contributed by atoms with Gasteiger partial charge in [0.15, 0.2) is 0 Å². The van der Waals surface area contributed by atoms with Crippen molar-refractivity contribution in [2.45, 2.75) is 32.2 Å². The van der Waals surface area contributed by atoms with Crippen molar-refractivity contribution in [3.8, 4) is 5.75 Å². The summed E-state index contributed by atoms with van der Waals surface area (Å²) in [5.41, 5.74) is 1.42. The maximum atomic E-state index is 5.29. The van der Waals surface area contributed by atoms with Gasteiger partial charge in [-0.2, -0.15) is 0 Å². The van der Waals surface area contributed by atoms with Crippen LogP contribution in [0.25, 0.3) is 0 Å². The van der Waals surface area contributed by atoms with Gasteiger partial charge in [0, 0.05) is 6.04 Å². The molecule has 0 radical (unpaired) electrons. The molecule has 0 saturated carbocycles. The van der Waals surface area contributed by atoms with Crippen molar-refractivity contribution in [3.05, 3.63) is 29.8 Å². The Balaban J connectivity index is 2.21. The molecule has 1 aromatic rings. The highest BCUT2D eigenvalue weighted by Gasteiger charge is 2.27. The lowest BCUT2D eigenvalue weighted by Gasteiger charge is -2.35. The molecule has 1 saturated heterocycles. The minimum atomic E-state index is 0.602. The first kappa shape index (κ1) is 11.5. The van der Waals surface area contributed by atoms with Crippen LogP contribution in [0.2, 0.25) is 0 Å². The van der Waals surface area contributed by atoms with E-state index in [0.717, 1.165) is 12.3 Å². The first-order valence-electron chi connectivity index (χ1n) is 6.09. The first-order chi connectivity index (χ1) is 7.72. The molecule has 88 valence electrons. The molecule has 1 aliphatic heterocycles. The Labute approximate surface area is 98.0 Å². The Morgan fingerprint density at radius 1 is 1.31 bits per heavy atom. The van der Waals surface area contributed by atoms with Gasteiger partial charge >= 0.3 is 0 Å². The van der Waals surface area contributed by atoms with Crippen molar-refractivity contribution in [3.63, 3.8) is 0 Å². The summed E-state index contributed by atoms with van der Waals surface area (Å²) in [4.78, 5) is 0. The summed E-state index contributed by atoms with van der Waals surface area (Å²) in [6, 6.07) is 9.11. The van der Waals surface area contributed by atoms with Crippen LogP contribution in [0.3, 0.4) is 0 Å². The smallest absolute Gasteiger partial charge is 0.119 e. The van der Waals surface area contributed by atoms with Crippen LogP contribution in [0, 0.1) is 5.92 Å². The molecule has 0 aliphatic carbocycles. The van der Waals surface area contributed by atoms with E-state index >= 15 is 0 Å². The number of benzene rings is 1. The molecule has 1 N–H and O–H groups in total. The van der Waals surface area contributed by atoms with Gasteiger partial charge in [-0.05, 0) is 49.4 Å². The number of nitrogens with one attached hydrogen (secondary N) is 1. The Morgan fingerprint density at radius 2 is 2.12 bits per heavy atom. The SMILES string of the molecule is COc1cccc([C@H]2CCN[C@H](C)[C@@H]2C)c1. The molecular formula is C14H21NO. The lowest BCUT2D eigenvalue weighted by atomic mass is 9.78. The molecule has 0 spiro atoms. The molecule has 0 amide bonds. The van der Waals surface area contributed by atoms with E-state index in [1.807, 2.05) is 6.07 Å². The predicted octanol–water partition coefficient (Wildman–Crippen LogP) is 2.80. The third-order valence-electron chi connectivity index (χ3n) is 3.87. The fourth-order valence-electron chi connectivity index (χ4n) is 2.61. The fraction of sp³-hybridized carbons (Fsp3) is 0.571. The topological polar surface area (TPSA) is 21.3 Å². The molecular weight excluding hydrogens is 198 g/mol. The lowest BCUT2D eigenvalue weighted by molar-refractivity contribution is 0.276. The number of rotatable bonds is 2. The molecule has 1 aliphatic rings. The summed E-state index contributed by atoms with van der Waals surface area (Å²) < 4.78 is 5.29. The molecule has 16 heavy (non-hydrogen) atoms. The zero-order chi connectivity index (χ0) is 11.5. The van der Waals surface area contributed by atoms with E-state index in [1.165, 1.54) is 12.0 Å². The molecule has 1 aromatic carbocycles. The minimum absolute atomic E-state index is 0.602. The van der Waals surface area contributed by atoms with Gasteiger partial charge in [0.05, 0.1) is 7.11 Å². The Bertz CT molecular complexity index is 350. The van der Waals surface area contributed by atoms with Crippen LogP contribution in [0.5, 0.6) is 5.75 Å². The lowest BCUT2D eigenvalue weighted by Crippen LogP contribution is -2.41. The van der Waals surface area contributed by atoms with E-state index in [4.69, 9.17) is 4.74 Å². The predicted molar refractivity (Wildman–Crippen MR) is 67.0 cm³/mol. The monoisotopic (exact) mass is 219 g/mol. The quantitative estimate of drug-likeness (QED) is 0.826. The molecule has 1 fully saturated rings. The van der Waals surface area contributed by atoms with Gasteiger partial charge < -0.3 is 10.1 Å². The zero-order valence-electron chi connectivity index (χ0n) is 10.4. The van der Waals surface area contributed by atoms with Crippen molar-refractivity contribution < 1.29 is 4.74 Å². The van der Waals surface area contributed by atoms with Crippen molar-refractivity contribution in [1.29, 1.82) is 0 Å². The van der Waals surface area contributed by atoms with Gasteiger partial charge in [-0.15, -0.1) is 0 Å². The van der Waals surface area contributed by atoms with Gasteiger partial charge in [0.2, 0.25) is 0 Å².